The Balaban J connectivity index is 2.17. The summed E-state index contributed by atoms with van der Waals surface area (Å²) in [4.78, 5) is 0. The van der Waals surface area contributed by atoms with Crippen LogP contribution in [0, 0.1) is 0 Å². The molecule has 16 heavy (non-hydrogen) atoms. The van der Waals surface area contributed by atoms with Crippen LogP contribution in [0.4, 0.5) is 0 Å². The number of benzene rings is 1. The number of hydrogen-bond donors (Lipinski definition) is 1. The van der Waals surface area contributed by atoms with E-state index in [4.69, 9.17) is 5.11 Å². The van der Waals surface area contributed by atoms with Gasteiger partial charge in [-0.15, -0.1) is 0 Å². The van der Waals surface area contributed by atoms with Gasteiger partial charge in [0.05, 0.1) is 18.0 Å². The molecular formula is C12H13BrN2O. The van der Waals surface area contributed by atoms with E-state index in [-0.39, 0.29) is 6.61 Å². The number of rotatable bonds is 3. The van der Waals surface area contributed by atoms with Crippen LogP contribution in [0.5, 0.6) is 0 Å². The summed E-state index contributed by atoms with van der Waals surface area (Å²) in [5.74, 6) is 0. The maximum absolute atomic E-state index is 9.07. The van der Waals surface area contributed by atoms with Gasteiger partial charge in [-0.2, -0.15) is 5.10 Å². The molecule has 1 N–H and O–H groups in total. The van der Waals surface area contributed by atoms with Crippen LogP contribution < -0.4 is 0 Å². The molecule has 1 heterocycles. The molecule has 1 aromatic carbocycles. The number of aliphatic hydroxyl groups is 1. The monoisotopic (exact) mass is 280 g/mol. The lowest BCUT2D eigenvalue weighted by atomic mass is 10.1. The quantitative estimate of drug-likeness (QED) is 0.937. The molecule has 0 saturated carbocycles. The highest BCUT2D eigenvalue weighted by Crippen LogP contribution is 2.14. The van der Waals surface area contributed by atoms with E-state index in [0.29, 0.717) is 0 Å². The smallest absolute Gasteiger partial charge is 0.0849 e. The summed E-state index contributed by atoms with van der Waals surface area (Å²) in [6, 6.07) is 10.1. The Morgan fingerprint density at radius 1 is 1.31 bits per heavy atom. The Hall–Kier alpha value is -1.13. The fourth-order valence-corrected chi connectivity index (χ4v) is 1.88. The van der Waals surface area contributed by atoms with Crippen LogP contribution in [0.2, 0.25) is 0 Å². The number of aromatic nitrogens is 2. The number of aryl methyl sites for hydroxylation is 1. The summed E-state index contributed by atoms with van der Waals surface area (Å²) < 4.78 is 2.79. The first-order chi connectivity index (χ1) is 7.69. The van der Waals surface area contributed by atoms with E-state index in [2.05, 4.69) is 33.2 Å². The van der Waals surface area contributed by atoms with Crippen LogP contribution >= 0.6 is 15.9 Å². The summed E-state index contributed by atoms with van der Waals surface area (Å²) in [5, 5.41) is 13.4. The van der Waals surface area contributed by atoms with Gasteiger partial charge in [-0.3, -0.25) is 4.68 Å². The van der Waals surface area contributed by atoms with Crippen molar-refractivity contribution in [2.75, 3.05) is 0 Å². The molecule has 0 aliphatic rings. The molecule has 0 fully saturated rings. The molecule has 4 heteroatoms. The van der Waals surface area contributed by atoms with Gasteiger partial charge >= 0.3 is 0 Å². The van der Waals surface area contributed by atoms with Gasteiger partial charge in [0.1, 0.15) is 0 Å². The van der Waals surface area contributed by atoms with Crippen LogP contribution in [0.1, 0.15) is 17.0 Å². The Bertz CT molecular complexity index is 476. The summed E-state index contributed by atoms with van der Waals surface area (Å²) >= 11 is 3.41. The van der Waals surface area contributed by atoms with E-state index in [0.717, 1.165) is 22.3 Å². The fourth-order valence-electron chi connectivity index (χ4n) is 1.62. The molecule has 3 nitrogen and oxygen atoms in total. The molecule has 0 aliphatic heterocycles. The first kappa shape index (κ1) is 11.4. The minimum absolute atomic E-state index is 0.0316. The molecule has 0 saturated heterocycles. The lowest BCUT2D eigenvalue weighted by Crippen LogP contribution is -1.97. The highest BCUT2D eigenvalue weighted by atomic mass is 79.9. The molecule has 0 atom stereocenters. The molecule has 84 valence electrons. The van der Waals surface area contributed by atoms with Crippen molar-refractivity contribution in [3.63, 3.8) is 0 Å². The zero-order chi connectivity index (χ0) is 11.5. The average Bonchev–Trinajstić information content (AvgIpc) is 2.62. The third kappa shape index (κ3) is 2.51. The fraction of sp³-hybridized carbons (Fsp3) is 0.250. The molecule has 0 spiro atoms. The van der Waals surface area contributed by atoms with Gasteiger partial charge in [-0.1, -0.05) is 28.1 Å². The van der Waals surface area contributed by atoms with Crippen molar-refractivity contribution in [1.82, 2.24) is 9.78 Å². The molecular weight excluding hydrogens is 268 g/mol. The maximum atomic E-state index is 9.07. The SMILES string of the molecule is Cn1nc(Cc2ccc(Br)cc2)cc1CO. The minimum Gasteiger partial charge on any atom is -0.390 e. The Morgan fingerprint density at radius 3 is 2.56 bits per heavy atom. The van der Waals surface area contributed by atoms with E-state index in [1.165, 1.54) is 5.56 Å². The molecule has 2 rings (SSSR count). The first-order valence-electron chi connectivity index (χ1n) is 5.06. The van der Waals surface area contributed by atoms with Gasteiger partial charge in [0.25, 0.3) is 0 Å². The molecule has 0 aliphatic carbocycles. The zero-order valence-corrected chi connectivity index (χ0v) is 10.6. The van der Waals surface area contributed by atoms with Crippen LogP contribution in [-0.4, -0.2) is 14.9 Å². The van der Waals surface area contributed by atoms with Gasteiger partial charge in [0.2, 0.25) is 0 Å². The van der Waals surface area contributed by atoms with Gasteiger partial charge in [0, 0.05) is 17.9 Å². The Labute approximate surface area is 103 Å². The summed E-state index contributed by atoms with van der Waals surface area (Å²) in [6.07, 6.45) is 0.793. The van der Waals surface area contributed by atoms with Crippen molar-refractivity contribution in [1.29, 1.82) is 0 Å². The highest BCUT2D eigenvalue weighted by Gasteiger charge is 2.04. The summed E-state index contributed by atoms with van der Waals surface area (Å²) in [5.41, 5.74) is 3.03. The largest absolute Gasteiger partial charge is 0.390 e. The summed E-state index contributed by atoms with van der Waals surface area (Å²) in [6.45, 7) is 0.0316. The molecule has 0 radical (unpaired) electrons. The standard InChI is InChI=1S/C12H13BrN2O/c1-15-12(8-16)7-11(14-15)6-9-2-4-10(13)5-3-9/h2-5,7,16H,6,8H2,1H3. The number of nitrogens with zero attached hydrogens (tertiary/aromatic N) is 2. The Kier molecular flexibility index (Phi) is 3.41. The van der Waals surface area contributed by atoms with Crippen LogP contribution in [0.15, 0.2) is 34.8 Å². The first-order valence-corrected chi connectivity index (χ1v) is 5.85. The van der Waals surface area contributed by atoms with E-state index < -0.39 is 0 Å². The topological polar surface area (TPSA) is 38.0 Å². The predicted octanol–water partition coefficient (Wildman–Crippen LogP) is 2.27. The van der Waals surface area contributed by atoms with Crippen LogP contribution in [0.3, 0.4) is 0 Å². The number of halogens is 1. The van der Waals surface area contributed by atoms with Gasteiger partial charge < -0.3 is 5.11 Å². The van der Waals surface area contributed by atoms with Gasteiger partial charge in [-0.25, -0.2) is 0 Å². The van der Waals surface area contributed by atoms with Crippen molar-refractivity contribution in [2.24, 2.45) is 7.05 Å². The van der Waals surface area contributed by atoms with Crippen molar-refractivity contribution in [2.45, 2.75) is 13.0 Å². The van der Waals surface area contributed by atoms with Gasteiger partial charge in [-0.05, 0) is 23.8 Å². The van der Waals surface area contributed by atoms with Crippen molar-refractivity contribution >= 4 is 15.9 Å². The average molecular weight is 281 g/mol. The number of hydrogen-bond acceptors (Lipinski definition) is 2. The van der Waals surface area contributed by atoms with Crippen LogP contribution in [0.25, 0.3) is 0 Å². The van der Waals surface area contributed by atoms with E-state index in [1.54, 1.807) is 4.68 Å². The minimum atomic E-state index is 0.0316. The van der Waals surface area contributed by atoms with Gasteiger partial charge in [0.15, 0.2) is 0 Å². The van der Waals surface area contributed by atoms with E-state index in [9.17, 15) is 0 Å². The Morgan fingerprint density at radius 2 is 2.00 bits per heavy atom. The lowest BCUT2D eigenvalue weighted by molar-refractivity contribution is 0.270. The lowest BCUT2D eigenvalue weighted by Gasteiger charge is -1.97. The van der Waals surface area contributed by atoms with Crippen molar-refractivity contribution in [3.8, 4) is 0 Å². The predicted molar refractivity (Wildman–Crippen MR) is 66.1 cm³/mol. The molecule has 1 aromatic heterocycles. The molecule has 0 bridgehead atoms. The summed E-state index contributed by atoms with van der Waals surface area (Å²) in [7, 11) is 1.84. The van der Waals surface area contributed by atoms with E-state index >= 15 is 0 Å². The maximum Gasteiger partial charge on any atom is 0.0849 e. The zero-order valence-electron chi connectivity index (χ0n) is 9.02. The second-order valence-corrected chi connectivity index (χ2v) is 4.63. The molecule has 0 amide bonds. The number of aliphatic hydroxyl groups excluding tert-OH is 1. The second kappa shape index (κ2) is 4.80. The normalized spacial score (nSPS) is 10.7. The molecule has 2 aromatic rings. The van der Waals surface area contributed by atoms with Crippen molar-refractivity contribution < 1.29 is 5.11 Å². The molecule has 0 unspecified atom stereocenters. The second-order valence-electron chi connectivity index (χ2n) is 3.71. The third-order valence-electron chi connectivity index (χ3n) is 2.49. The third-order valence-corrected chi connectivity index (χ3v) is 3.02. The highest BCUT2D eigenvalue weighted by molar-refractivity contribution is 9.10. The van der Waals surface area contributed by atoms with Crippen molar-refractivity contribution in [3.05, 3.63) is 51.8 Å². The van der Waals surface area contributed by atoms with E-state index in [1.807, 2.05) is 25.2 Å². The van der Waals surface area contributed by atoms with Crippen LogP contribution in [-0.2, 0) is 20.1 Å².